The highest BCUT2D eigenvalue weighted by molar-refractivity contribution is 7.14. The number of nitrogens with zero attached hydrogens (tertiary/aromatic N) is 4. The average Bonchev–Trinajstić information content (AvgIpc) is 3.26. The van der Waals surface area contributed by atoms with E-state index in [0.717, 1.165) is 17.0 Å². The van der Waals surface area contributed by atoms with Crippen molar-refractivity contribution in [1.29, 1.82) is 0 Å². The summed E-state index contributed by atoms with van der Waals surface area (Å²) in [5.41, 5.74) is 1.36. The molecule has 8 heteroatoms. The molecule has 140 valence electrons. The molecule has 0 spiro atoms. The lowest BCUT2D eigenvalue weighted by molar-refractivity contribution is -0.130. The fourth-order valence-corrected chi connectivity index (χ4v) is 3.83. The number of carbonyl (C=O) groups is 2. The number of hydrogen-bond acceptors (Lipinski definition) is 5. The zero-order valence-electron chi connectivity index (χ0n) is 15.3. The van der Waals surface area contributed by atoms with E-state index in [1.54, 1.807) is 20.2 Å². The molecule has 0 aliphatic carbocycles. The Morgan fingerprint density at radius 1 is 1.35 bits per heavy atom. The SMILES string of the molecule is CCc1ccc(C(=O)N2CCn3nc(C(O)CC(=O)N(C)C)cc3C2)s1. The lowest BCUT2D eigenvalue weighted by Crippen LogP contribution is -2.38. The van der Waals surface area contributed by atoms with Crippen molar-refractivity contribution in [3.63, 3.8) is 0 Å². The van der Waals surface area contributed by atoms with Gasteiger partial charge in [-0.3, -0.25) is 14.3 Å². The summed E-state index contributed by atoms with van der Waals surface area (Å²) in [7, 11) is 3.32. The van der Waals surface area contributed by atoms with Crippen LogP contribution in [-0.4, -0.2) is 57.1 Å². The first kappa shape index (κ1) is 18.6. The highest BCUT2D eigenvalue weighted by Gasteiger charge is 2.26. The Bertz CT molecular complexity index is 811. The number of aliphatic hydroxyl groups is 1. The first-order chi connectivity index (χ1) is 12.4. The Morgan fingerprint density at radius 2 is 2.12 bits per heavy atom. The molecule has 0 aromatic carbocycles. The molecular weight excluding hydrogens is 352 g/mol. The van der Waals surface area contributed by atoms with Gasteiger partial charge in [0.25, 0.3) is 5.91 Å². The van der Waals surface area contributed by atoms with Crippen LogP contribution in [0.1, 0.15) is 45.4 Å². The molecule has 3 heterocycles. The number of aliphatic hydroxyl groups excluding tert-OH is 1. The molecule has 1 aliphatic heterocycles. The predicted octanol–water partition coefficient (Wildman–Crippen LogP) is 1.67. The molecule has 1 aliphatic rings. The summed E-state index contributed by atoms with van der Waals surface area (Å²) in [6.45, 7) is 3.70. The van der Waals surface area contributed by atoms with E-state index in [-0.39, 0.29) is 18.2 Å². The van der Waals surface area contributed by atoms with Gasteiger partial charge in [-0.25, -0.2) is 0 Å². The molecule has 0 radical (unpaired) electrons. The van der Waals surface area contributed by atoms with Crippen LogP contribution in [-0.2, 0) is 24.3 Å². The lowest BCUT2D eigenvalue weighted by Gasteiger charge is -2.27. The molecule has 0 bridgehead atoms. The molecule has 2 amide bonds. The van der Waals surface area contributed by atoms with E-state index in [9.17, 15) is 14.7 Å². The van der Waals surface area contributed by atoms with Crippen LogP contribution < -0.4 is 0 Å². The van der Waals surface area contributed by atoms with E-state index in [0.29, 0.717) is 25.3 Å². The zero-order valence-corrected chi connectivity index (χ0v) is 16.1. The Labute approximate surface area is 156 Å². The maximum absolute atomic E-state index is 12.7. The van der Waals surface area contributed by atoms with Gasteiger partial charge in [-0.1, -0.05) is 6.92 Å². The van der Waals surface area contributed by atoms with Crippen molar-refractivity contribution >= 4 is 23.2 Å². The second kappa shape index (κ2) is 7.59. The van der Waals surface area contributed by atoms with Crippen LogP contribution in [0.2, 0.25) is 0 Å². The van der Waals surface area contributed by atoms with Gasteiger partial charge in [-0.2, -0.15) is 5.10 Å². The van der Waals surface area contributed by atoms with Gasteiger partial charge in [0.05, 0.1) is 35.8 Å². The van der Waals surface area contributed by atoms with Gasteiger partial charge >= 0.3 is 0 Å². The van der Waals surface area contributed by atoms with Gasteiger partial charge in [0.15, 0.2) is 0 Å². The molecule has 26 heavy (non-hydrogen) atoms. The number of amides is 2. The van der Waals surface area contributed by atoms with E-state index in [4.69, 9.17) is 0 Å². The van der Waals surface area contributed by atoms with Gasteiger partial charge in [-0.05, 0) is 24.6 Å². The first-order valence-electron chi connectivity index (χ1n) is 8.71. The summed E-state index contributed by atoms with van der Waals surface area (Å²) >= 11 is 1.54. The van der Waals surface area contributed by atoms with Crippen LogP contribution in [0, 0.1) is 0 Å². The van der Waals surface area contributed by atoms with Crippen LogP contribution in [0.15, 0.2) is 18.2 Å². The molecule has 0 saturated carbocycles. The summed E-state index contributed by atoms with van der Waals surface area (Å²) in [6.07, 6.45) is -0.00445. The molecular formula is C18H24N4O3S. The minimum atomic E-state index is -0.934. The predicted molar refractivity (Wildman–Crippen MR) is 98.9 cm³/mol. The highest BCUT2D eigenvalue weighted by atomic mass is 32.1. The third-order valence-corrected chi connectivity index (χ3v) is 5.75. The number of fused-ring (bicyclic) bond motifs is 1. The number of thiophene rings is 1. The monoisotopic (exact) mass is 376 g/mol. The topological polar surface area (TPSA) is 78.7 Å². The van der Waals surface area contributed by atoms with Crippen molar-refractivity contribution in [1.82, 2.24) is 19.6 Å². The maximum Gasteiger partial charge on any atom is 0.264 e. The van der Waals surface area contributed by atoms with Gasteiger partial charge in [-0.15, -0.1) is 11.3 Å². The van der Waals surface area contributed by atoms with Gasteiger partial charge in [0.2, 0.25) is 5.91 Å². The Kier molecular flexibility index (Phi) is 5.43. The average molecular weight is 376 g/mol. The fourth-order valence-electron chi connectivity index (χ4n) is 2.92. The number of aryl methyl sites for hydroxylation is 1. The van der Waals surface area contributed by atoms with Gasteiger partial charge in [0, 0.05) is 25.5 Å². The fraction of sp³-hybridized carbons (Fsp3) is 0.500. The first-order valence-corrected chi connectivity index (χ1v) is 9.53. The normalized spacial score (nSPS) is 14.8. The smallest absolute Gasteiger partial charge is 0.264 e. The van der Waals surface area contributed by atoms with Crippen LogP contribution >= 0.6 is 11.3 Å². The van der Waals surface area contributed by atoms with Crippen molar-refractivity contribution in [2.24, 2.45) is 0 Å². The van der Waals surface area contributed by atoms with Gasteiger partial charge in [0.1, 0.15) is 6.10 Å². The van der Waals surface area contributed by atoms with Crippen molar-refractivity contribution in [2.45, 2.75) is 39.0 Å². The third-order valence-electron chi connectivity index (χ3n) is 4.53. The van der Waals surface area contributed by atoms with E-state index in [2.05, 4.69) is 12.0 Å². The Balaban J connectivity index is 1.70. The summed E-state index contributed by atoms with van der Waals surface area (Å²) in [6, 6.07) is 5.68. The third kappa shape index (κ3) is 3.81. The molecule has 2 aromatic heterocycles. The van der Waals surface area contributed by atoms with Gasteiger partial charge < -0.3 is 14.9 Å². The lowest BCUT2D eigenvalue weighted by atomic mass is 10.1. The summed E-state index contributed by atoms with van der Waals surface area (Å²) in [4.78, 5) is 29.7. The second-order valence-electron chi connectivity index (χ2n) is 6.64. The maximum atomic E-state index is 12.7. The summed E-state index contributed by atoms with van der Waals surface area (Å²) in [5, 5.41) is 14.7. The van der Waals surface area contributed by atoms with E-state index < -0.39 is 6.10 Å². The van der Waals surface area contributed by atoms with Crippen LogP contribution in [0.5, 0.6) is 0 Å². The Hall–Kier alpha value is -2.19. The molecule has 2 aromatic rings. The number of hydrogen-bond donors (Lipinski definition) is 1. The number of rotatable bonds is 5. The van der Waals surface area contributed by atoms with E-state index in [1.807, 2.05) is 21.7 Å². The standard InChI is InChI=1S/C18H24N4O3S/c1-4-13-5-6-16(26-13)18(25)21-7-8-22-12(11-21)9-14(19-22)15(23)10-17(24)20(2)3/h5-6,9,15,23H,4,7-8,10-11H2,1-3H3. The minimum Gasteiger partial charge on any atom is -0.386 e. The Morgan fingerprint density at radius 3 is 2.77 bits per heavy atom. The summed E-state index contributed by atoms with van der Waals surface area (Å²) < 4.78 is 1.81. The molecule has 3 rings (SSSR count). The molecule has 7 nitrogen and oxygen atoms in total. The van der Waals surface area contributed by atoms with E-state index in [1.165, 1.54) is 21.1 Å². The number of aromatic nitrogens is 2. The van der Waals surface area contributed by atoms with Crippen molar-refractivity contribution in [3.8, 4) is 0 Å². The molecule has 1 unspecified atom stereocenters. The van der Waals surface area contributed by atoms with Crippen molar-refractivity contribution in [2.75, 3.05) is 20.6 Å². The van der Waals surface area contributed by atoms with Crippen LogP contribution in [0.4, 0.5) is 0 Å². The van der Waals surface area contributed by atoms with Crippen molar-refractivity contribution in [3.05, 3.63) is 39.3 Å². The quantitative estimate of drug-likeness (QED) is 0.861. The second-order valence-corrected chi connectivity index (χ2v) is 7.81. The minimum absolute atomic E-state index is 0.00108. The zero-order chi connectivity index (χ0) is 18.8. The molecule has 1 atom stereocenters. The van der Waals surface area contributed by atoms with Crippen LogP contribution in [0.25, 0.3) is 0 Å². The highest BCUT2D eigenvalue weighted by Crippen LogP contribution is 2.24. The largest absolute Gasteiger partial charge is 0.386 e. The summed E-state index contributed by atoms with van der Waals surface area (Å²) in [5.74, 6) is -0.114. The van der Waals surface area contributed by atoms with Crippen molar-refractivity contribution < 1.29 is 14.7 Å². The number of carbonyl (C=O) groups excluding carboxylic acids is 2. The van der Waals surface area contributed by atoms with Crippen LogP contribution in [0.3, 0.4) is 0 Å². The van der Waals surface area contributed by atoms with E-state index >= 15 is 0 Å². The molecule has 0 fully saturated rings. The molecule has 0 saturated heterocycles. The molecule has 1 N–H and O–H groups in total.